The van der Waals surface area contributed by atoms with Gasteiger partial charge >= 0.3 is 0 Å². The minimum absolute atomic E-state index is 0.119. The summed E-state index contributed by atoms with van der Waals surface area (Å²) in [6.07, 6.45) is 7.95. The predicted octanol–water partition coefficient (Wildman–Crippen LogP) is 1.67. The average Bonchev–Trinajstić information content (AvgIpc) is 2.72. The molecule has 2 rings (SSSR count). The summed E-state index contributed by atoms with van der Waals surface area (Å²) in [5.41, 5.74) is 0.651. The molecule has 1 aromatic heterocycles. The van der Waals surface area contributed by atoms with Gasteiger partial charge in [0.1, 0.15) is 4.47 Å². The summed E-state index contributed by atoms with van der Waals surface area (Å²) in [4.78, 5) is 11.6. The van der Waals surface area contributed by atoms with E-state index in [1.54, 1.807) is 13.2 Å². The lowest BCUT2D eigenvalue weighted by Crippen LogP contribution is -2.23. The molecule has 0 saturated heterocycles. The third kappa shape index (κ3) is 2.12. The van der Waals surface area contributed by atoms with Crippen LogP contribution in [0.15, 0.2) is 27.6 Å². The number of anilines is 1. The van der Waals surface area contributed by atoms with Crippen molar-refractivity contribution < 1.29 is 0 Å². The van der Waals surface area contributed by atoms with Crippen LogP contribution in [0.2, 0.25) is 0 Å². The second kappa shape index (κ2) is 4.18. The van der Waals surface area contributed by atoms with E-state index in [4.69, 9.17) is 0 Å². The first-order chi connectivity index (χ1) is 7.18. The number of aryl methyl sites for hydroxylation is 1. The molecule has 0 bridgehead atoms. The van der Waals surface area contributed by atoms with Gasteiger partial charge in [-0.3, -0.25) is 4.79 Å². The molecule has 80 valence electrons. The van der Waals surface area contributed by atoms with Crippen LogP contribution >= 0.6 is 15.9 Å². The lowest BCUT2D eigenvalue weighted by Gasteiger charge is -2.14. The zero-order valence-corrected chi connectivity index (χ0v) is 9.99. The van der Waals surface area contributed by atoms with Crippen LogP contribution in [0.5, 0.6) is 0 Å². The first kappa shape index (κ1) is 10.4. The Bertz CT molecular complexity index is 444. The average molecular weight is 270 g/mol. The molecule has 0 radical (unpaired) electrons. The van der Waals surface area contributed by atoms with Crippen LogP contribution in [0.1, 0.15) is 12.8 Å². The van der Waals surface area contributed by atoms with E-state index in [0.29, 0.717) is 10.5 Å². The minimum Gasteiger partial charge on any atom is -0.379 e. The number of rotatable bonds is 2. The van der Waals surface area contributed by atoms with Gasteiger partial charge in [0, 0.05) is 13.1 Å². The first-order valence-electron chi connectivity index (χ1n) is 4.82. The van der Waals surface area contributed by atoms with Crippen LogP contribution in [-0.2, 0) is 7.05 Å². The second-order valence-corrected chi connectivity index (χ2v) is 4.38. The SMILES string of the molecule is Cn1ncc(NC2CC=CC2)c(Br)c1=O. The number of nitrogens with zero attached hydrogens (tertiary/aromatic N) is 2. The van der Waals surface area contributed by atoms with Gasteiger partial charge in [-0.15, -0.1) is 0 Å². The molecule has 0 aliphatic heterocycles. The molecule has 0 fully saturated rings. The summed E-state index contributed by atoms with van der Waals surface area (Å²) in [6.45, 7) is 0. The fourth-order valence-electron chi connectivity index (χ4n) is 1.57. The molecular weight excluding hydrogens is 258 g/mol. The molecular formula is C10H12BrN3O. The highest BCUT2D eigenvalue weighted by Gasteiger charge is 2.13. The fourth-order valence-corrected chi connectivity index (χ4v) is 2.04. The van der Waals surface area contributed by atoms with E-state index in [9.17, 15) is 4.79 Å². The van der Waals surface area contributed by atoms with E-state index in [1.165, 1.54) is 4.68 Å². The van der Waals surface area contributed by atoms with Crippen LogP contribution in [-0.4, -0.2) is 15.8 Å². The highest BCUT2D eigenvalue weighted by Crippen LogP contribution is 2.21. The number of hydrogen-bond donors (Lipinski definition) is 1. The van der Waals surface area contributed by atoms with Gasteiger partial charge in [0.15, 0.2) is 0 Å². The van der Waals surface area contributed by atoms with Crippen molar-refractivity contribution in [2.45, 2.75) is 18.9 Å². The summed E-state index contributed by atoms with van der Waals surface area (Å²) in [5.74, 6) is 0. The van der Waals surface area contributed by atoms with Crippen molar-refractivity contribution in [2.24, 2.45) is 7.05 Å². The Morgan fingerprint density at radius 2 is 2.20 bits per heavy atom. The van der Waals surface area contributed by atoms with Crippen molar-refractivity contribution in [3.8, 4) is 0 Å². The Hall–Kier alpha value is -1.10. The monoisotopic (exact) mass is 269 g/mol. The van der Waals surface area contributed by atoms with Gasteiger partial charge in [0.2, 0.25) is 0 Å². The van der Waals surface area contributed by atoms with Crippen molar-refractivity contribution in [1.29, 1.82) is 0 Å². The maximum Gasteiger partial charge on any atom is 0.282 e. The Labute approximate surface area is 96.1 Å². The first-order valence-corrected chi connectivity index (χ1v) is 5.61. The van der Waals surface area contributed by atoms with E-state index in [0.717, 1.165) is 18.5 Å². The number of nitrogens with one attached hydrogen (secondary N) is 1. The molecule has 0 saturated carbocycles. The lowest BCUT2D eigenvalue weighted by atomic mass is 10.2. The minimum atomic E-state index is -0.119. The Balaban J connectivity index is 2.22. The van der Waals surface area contributed by atoms with Crippen LogP contribution in [0.25, 0.3) is 0 Å². The smallest absolute Gasteiger partial charge is 0.282 e. The molecule has 0 spiro atoms. The highest BCUT2D eigenvalue weighted by atomic mass is 79.9. The Morgan fingerprint density at radius 3 is 2.87 bits per heavy atom. The molecule has 0 aromatic carbocycles. The van der Waals surface area contributed by atoms with E-state index >= 15 is 0 Å². The molecule has 0 amide bonds. The molecule has 0 unspecified atom stereocenters. The second-order valence-electron chi connectivity index (χ2n) is 3.59. The molecule has 1 N–H and O–H groups in total. The maximum absolute atomic E-state index is 11.6. The summed E-state index contributed by atoms with van der Waals surface area (Å²) in [6, 6.07) is 0.384. The largest absolute Gasteiger partial charge is 0.379 e. The van der Waals surface area contributed by atoms with Gasteiger partial charge in [0.25, 0.3) is 5.56 Å². The van der Waals surface area contributed by atoms with Gasteiger partial charge in [0.05, 0.1) is 11.9 Å². The van der Waals surface area contributed by atoms with Crippen LogP contribution in [0.3, 0.4) is 0 Å². The fraction of sp³-hybridized carbons (Fsp3) is 0.400. The summed E-state index contributed by atoms with van der Waals surface area (Å²) in [5, 5.41) is 7.26. The zero-order chi connectivity index (χ0) is 10.8. The molecule has 5 heteroatoms. The third-order valence-corrected chi connectivity index (χ3v) is 3.21. The third-order valence-electron chi connectivity index (χ3n) is 2.45. The van der Waals surface area contributed by atoms with E-state index < -0.39 is 0 Å². The molecule has 0 atom stereocenters. The number of aromatic nitrogens is 2. The summed E-state index contributed by atoms with van der Waals surface area (Å²) in [7, 11) is 1.63. The van der Waals surface area contributed by atoms with Crippen molar-refractivity contribution in [1.82, 2.24) is 9.78 Å². The zero-order valence-electron chi connectivity index (χ0n) is 8.40. The topological polar surface area (TPSA) is 46.9 Å². The van der Waals surface area contributed by atoms with E-state index in [1.807, 2.05) is 0 Å². The quantitative estimate of drug-likeness (QED) is 0.831. The standard InChI is InChI=1S/C10H12BrN3O/c1-14-10(15)9(11)8(6-12-14)13-7-4-2-3-5-7/h2-3,6-7,13H,4-5H2,1H3. The molecule has 1 aliphatic rings. The number of halogens is 1. The van der Waals surface area contributed by atoms with Gasteiger partial charge in [-0.05, 0) is 28.8 Å². The highest BCUT2D eigenvalue weighted by molar-refractivity contribution is 9.10. The van der Waals surface area contributed by atoms with Crippen molar-refractivity contribution >= 4 is 21.6 Å². The van der Waals surface area contributed by atoms with Gasteiger partial charge < -0.3 is 5.32 Å². The molecule has 1 heterocycles. The molecule has 4 nitrogen and oxygen atoms in total. The van der Waals surface area contributed by atoms with Crippen LogP contribution < -0.4 is 10.9 Å². The molecule has 1 aliphatic carbocycles. The van der Waals surface area contributed by atoms with Gasteiger partial charge in [-0.1, -0.05) is 12.2 Å². The van der Waals surface area contributed by atoms with Crippen molar-refractivity contribution in [3.63, 3.8) is 0 Å². The van der Waals surface area contributed by atoms with Crippen molar-refractivity contribution in [2.75, 3.05) is 5.32 Å². The lowest BCUT2D eigenvalue weighted by molar-refractivity contribution is 0.698. The van der Waals surface area contributed by atoms with Crippen LogP contribution in [0.4, 0.5) is 5.69 Å². The Kier molecular flexibility index (Phi) is 2.90. The molecule has 15 heavy (non-hydrogen) atoms. The summed E-state index contributed by atoms with van der Waals surface area (Å²) < 4.78 is 1.86. The van der Waals surface area contributed by atoms with Gasteiger partial charge in [-0.2, -0.15) is 5.10 Å². The number of hydrogen-bond acceptors (Lipinski definition) is 3. The summed E-state index contributed by atoms with van der Waals surface area (Å²) >= 11 is 3.28. The van der Waals surface area contributed by atoms with Crippen LogP contribution in [0, 0.1) is 0 Å². The predicted molar refractivity (Wildman–Crippen MR) is 63.0 cm³/mol. The molecule has 1 aromatic rings. The van der Waals surface area contributed by atoms with E-state index in [-0.39, 0.29) is 5.56 Å². The normalized spacial score (nSPS) is 15.9. The maximum atomic E-state index is 11.6. The van der Waals surface area contributed by atoms with E-state index in [2.05, 4.69) is 38.5 Å². The Morgan fingerprint density at radius 1 is 1.53 bits per heavy atom. The van der Waals surface area contributed by atoms with Crippen molar-refractivity contribution in [3.05, 3.63) is 33.2 Å². The van der Waals surface area contributed by atoms with Gasteiger partial charge in [-0.25, -0.2) is 4.68 Å².